The van der Waals surface area contributed by atoms with E-state index in [4.69, 9.17) is 0 Å². The van der Waals surface area contributed by atoms with E-state index in [0.29, 0.717) is 22.3 Å². The molecule has 3 aromatic heterocycles. The normalized spacial score (nSPS) is 27.1. The SMILES string of the molecule is C[C@@H]1CN(C)C[C@H](C)[C@@]1(O)c1ccc(-c2ccnc3[nH]cc(F)c23)nc1. The number of aromatic amines is 1. The van der Waals surface area contributed by atoms with Gasteiger partial charge < -0.3 is 15.0 Å². The minimum absolute atomic E-state index is 0.0960. The lowest BCUT2D eigenvalue weighted by atomic mass is 9.71. The van der Waals surface area contributed by atoms with Gasteiger partial charge in [-0.15, -0.1) is 0 Å². The van der Waals surface area contributed by atoms with Crippen LogP contribution in [0.2, 0.25) is 0 Å². The number of rotatable bonds is 2. The van der Waals surface area contributed by atoms with Gasteiger partial charge in [-0.05, 0) is 19.2 Å². The maximum atomic E-state index is 14.1. The first-order valence-corrected chi connectivity index (χ1v) is 8.90. The highest BCUT2D eigenvalue weighted by atomic mass is 19.1. The molecule has 1 aliphatic heterocycles. The van der Waals surface area contributed by atoms with Gasteiger partial charge in [0.2, 0.25) is 0 Å². The van der Waals surface area contributed by atoms with E-state index >= 15 is 0 Å². The van der Waals surface area contributed by atoms with Crippen molar-refractivity contribution in [2.24, 2.45) is 11.8 Å². The summed E-state index contributed by atoms with van der Waals surface area (Å²) in [6, 6.07) is 5.53. The number of halogens is 1. The van der Waals surface area contributed by atoms with Gasteiger partial charge in [-0.2, -0.15) is 0 Å². The van der Waals surface area contributed by atoms with Gasteiger partial charge in [0.1, 0.15) is 5.65 Å². The number of aromatic nitrogens is 3. The second-order valence-electron chi connectivity index (χ2n) is 7.50. The molecule has 4 rings (SSSR count). The summed E-state index contributed by atoms with van der Waals surface area (Å²) in [4.78, 5) is 13.8. The van der Waals surface area contributed by atoms with Crippen LogP contribution < -0.4 is 0 Å². The minimum Gasteiger partial charge on any atom is -0.384 e. The van der Waals surface area contributed by atoms with Crippen molar-refractivity contribution in [2.45, 2.75) is 19.4 Å². The zero-order chi connectivity index (χ0) is 18.5. The van der Waals surface area contributed by atoms with Crippen molar-refractivity contribution in [3.8, 4) is 11.3 Å². The molecule has 0 aromatic carbocycles. The number of hydrogen-bond acceptors (Lipinski definition) is 4. The van der Waals surface area contributed by atoms with Crippen molar-refractivity contribution < 1.29 is 9.50 Å². The summed E-state index contributed by atoms with van der Waals surface area (Å²) in [6.07, 6.45) is 4.67. The standard InChI is InChI=1S/C20H23FN4O/c1-12-10-25(3)11-13(2)20(12,26)14-4-5-17(23-8-14)15-6-7-22-19-18(15)16(21)9-24-19/h4-9,12-13,26H,10-11H2,1-3H3,(H,22,24)/t12-,13+,20-. The number of likely N-dealkylation sites (tertiary alicyclic amines) is 1. The Morgan fingerprint density at radius 3 is 2.58 bits per heavy atom. The number of fused-ring (bicyclic) bond motifs is 1. The van der Waals surface area contributed by atoms with Crippen molar-refractivity contribution in [1.82, 2.24) is 19.9 Å². The zero-order valence-corrected chi connectivity index (χ0v) is 15.2. The maximum absolute atomic E-state index is 14.1. The van der Waals surface area contributed by atoms with E-state index in [2.05, 4.69) is 40.7 Å². The Morgan fingerprint density at radius 2 is 1.92 bits per heavy atom. The third-order valence-corrected chi connectivity index (χ3v) is 5.70. The highest BCUT2D eigenvalue weighted by Crippen LogP contribution is 2.41. The molecule has 0 unspecified atom stereocenters. The molecule has 0 amide bonds. The molecule has 1 saturated heterocycles. The topological polar surface area (TPSA) is 65.0 Å². The van der Waals surface area contributed by atoms with Crippen LogP contribution in [0.5, 0.6) is 0 Å². The molecule has 5 nitrogen and oxygen atoms in total. The Morgan fingerprint density at radius 1 is 1.19 bits per heavy atom. The quantitative estimate of drug-likeness (QED) is 0.742. The summed E-state index contributed by atoms with van der Waals surface area (Å²) >= 11 is 0. The lowest BCUT2D eigenvalue weighted by Crippen LogP contribution is -2.53. The molecule has 4 heterocycles. The van der Waals surface area contributed by atoms with Crippen molar-refractivity contribution >= 4 is 11.0 Å². The van der Waals surface area contributed by atoms with Crippen molar-refractivity contribution in [3.05, 3.63) is 48.2 Å². The average Bonchev–Trinajstić information content (AvgIpc) is 3.01. The molecule has 26 heavy (non-hydrogen) atoms. The molecule has 0 bridgehead atoms. The van der Waals surface area contributed by atoms with Crippen molar-refractivity contribution in [3.63, 3.8) is 0 Å². The molecule has 136 valence electrons. The zero-order valence-electron chi connectivity index (χ0n) is 15.2. The molecule has 1 fully saturated rings. The van der Waals surface area contributed by atoms with E-state index in [0.717, 1.165) is 18.7 Å². The number of pyridine rings is 2. The fourth-order valence-corrected chi connectivity index (χ4v) is 4.36. The predicted octanol–water partition coefficient (Wildman–Crippen LogP) is 3.17. The van der Waals surface area contributed by atoms with Crippen LogP contribution in [0.15, 0.2) is 36.8 Å². The highest BCUT2D eigenvalue weighted by molar-refractivity contribution is 5.92. The summed E-state index contributed by atoms with van der Waals surface area (Å²) in [6.45, 7) is 5.81. The number of hydrogen-bond donors (Lipinski definition) is 2. The van der Waals surface area contributed by atoms with E-state index in [9.17, 15) is 9.50 Å². The third-order valence-electron chi connectivity index (χ3n) is 5.70. The molecule has 1 aliphatic rings. The van der Waals surface area contributed by atoms with Gasteiger partial charge in [-0.25, -0.2) is 9.37 Å². The van der Waals surface area contributed by atoms with Crippen LogP contribution in [0.3, 0.4) is 0 Å². The van der Waals surface area contributed by atoms with Gasteiger partial charge in [0.15, 0.2) is 5.82 Å². The van der Waals surface area contributed by atoms with Gasteiger partial charge in [0.25, 0.3) is 0 Å². The Balaban J connectivity index is 1.74. The molecule has 3 atom stereocenters. The molecule has 0 aliphatic carbocycles. The van der Waals surface area contributed by atoms with Crippen LogP contribution in [-0.2, 0) is 5.60 Å². The highest BCUT2D eigenvalue weighted by Gasteiger charge is 2.45. The Bertz CT molecular complexity index is 925. The van der Waals surface area contributed by atoms with E-state index in [-0.39, 0.29) is 17.7 Å². The van der Waals surface area contributed by atoms with E-state index in [1.807, 2.05) is 12.1 Å². The molecule has 2 N–H and O–H groups in total. The van der Waals surface area contributed by atoms with Gasteiger partial charge in [0, 0.05) is 54.6 Å². The largest absolute Gasteiger partial charge is 0.384 e. The van der Waals surface area contributed by atoms with E-state index in [1.165, 1.54) is 6.20 Å². The van der Waals surface area contributed by atoms with Crippen LogP contribution in [0.25, 0.3) is 22.3 Å². The molecular weight excluding hydrogens is 331 g/mol. The first-order valence-electron chi connectivity index (χ1n) is 8.90. The Labute approximate surface area is 151 Å². The lowest BCUT2D eigenvalue weighted by molar-refractivity contribution is -0.108. The molecule has 0 radical (unpaired) electrons. The van der Waals surface area contributed by atoms with Crippen molar-refractivity contribution in [1.29, 1.82) is 0 Å². The molecular formula is C20H23FN4O. The second-order valence-corrected chi connectivity index (χ2v) is 7.50. The number of H-pyrrole nitrogens is 1. The maximum Gasteiger partial charge on any atom is 0.150 e. The van der Waals surface area contributed by atoms with Crippen molar-refractivity contribution in [2.75, 3.05) is 20.1 Å². The van der Waals surface area contributed by atoms with Crippen LogP contribution >= 0.6 is 0 Å². The van der Waals surface area contributed by atoms with Crippen LogP contribution in [0, 0.1) is 17.7 Å². The van der Waals surface area contributed by atoms with E-state index < -0.39 is 5.60 Å². The van der Waals surface area contributed by atoms with Gasteiger partial charge >= 0.3 is 0 Å². The summed E-state index contributed by atoms with van der Waals surface area (Å²) in [5.74, 6) is -0.150. The summed E-state index contributed by atoms with van der Waals surface area (Å²) in [5.41, 5.74) is 1.76. The molecule has 3 aromatic rings. The third kappa shape index (κ3) is 2.52. The smallest absolute Gasteiger partial charge is 0.150 e. The number of nitrogens with one attached hydrogen (secondary N) is 1. The fraction of sp³-hybridized carbons (Fsp3) is 0.400. The first kappa shape index (κ1) is 17.1. The molecule has 0 spiro atoms. The summed E-state index contributed by atoms with van der Waals surface area (Å²) in [5, 5.41) is 11.8. The summed E-state index contributed by atoms with van der Waals surface area (Å²) in [7, 11) is 2.08. The molecule has 6 heteroatoms. The minimum atomic E-state index is -0.912. The van der Waals surface area contributed by atoms with Gasteiger partial charge in [-0.3, -0.25) is 4.98 Å². The number of aliphatic hydroxyl groups is 1. The Kier molecular flexibility index (Phi) is 4.04. The second kappa shape index (κ2) is 6.14. The Hall–Kier alpha value is -2.31. The van der Waals surface area contributed by atoms with Crippen LogP contribution in [0.4, 0.5) is 4.39 Å². The summed E-state index contributed by atoms with van der Waals surface area (Å²) < 4.78 is 14.1. The van der Waals surface area contributed by atoms with Gasteiger partial charge in [0.05, 0.1) is 16.7 Å². The van der Waals surface area contributed by atoms with E-state index in [1.54, 1.807) is 18.5 Å². The average molecular weight is 354 g/mol. The predicted molar refractivity (Wildman–Crippen MR) is 99.0 cm³/mol. The number of piperidine rings is 1. The first-order chi connectivity index (χ1) is 12.4. The lowest BCUT2D eigenvalue weighted by Gasteiger charge is -2.47. The fourth-order valence-electron chi connectivity index (χ4n) is 4.36. The molecule has 0 saturated carbocycles. The van der Waals surface area contributed by atoms with Crippen LogP contribution in [0.1, 0.15) is 19.4 Å². The monoisotopic (exact) mass is 354 g/mol. The number of nitrogens with zero attached hydrogens (tertiary/aromatic N) is 3. The van der Waals surface area contributed by atoms with Gasteiger partial charge in [-0.1, -0.05) is 19.9 Å². The van der Waals surface area contributed by atoms with Crippen LogP contribution in [-0.4, -0.2) is 45.1 Å².